The molecule has 5 nitrogen and oxygen atoms in total. The first-order valence-electron chi connectivity index (χ1n) is 6.95. The maximum atomic E-state index is 13.6. The minimum absolute atomic E-state index is 0.00334. The molecule has 2 unspecified atom stereocenters. The van der Waals surface area contributed by atoms with Gasteiger partial charge in [-0.3, -0.25) is 9.59 Å². The van der Waals surface area contributed by atoms with Gasteiger partial charge < -0.3 is 14.7 Å². The Morgan fingerprint density at radius 3 is 2.82 bits per heavy atom. The number of amides is 1. The summed E-state index contributed by atoms with van der Waals surface area (Å²) in [5.74, 6) is -2.24. The number of carboxylic acids is 1. The van der Waals surface area contributed by atoms with E-state index in [-0.39, 0.29) is 30.7 Å². The van der Waals surface area contributed by atoms with Crippen LogP contribution in [0.4, 0.5) is 4.39 Å². The molecule has 0 aromatic heterocycles. The van der Waals surface area contributed by atoms with Crippen molar-refractivity contribution < 1.29 is 23.8 Å². The van der Waals surface area contributed by atoms with Crippen LogP contribution in [0.15, 0.2) is 22.7 Å². The van der Waals surface area contributed by atoms with Crippen molar-refractivity contribution in [3.8, 4) is 5.75 Å². The van der Waals surface area contributed by atoms with E-state index < -0.39 is 17.7 Å². The first-order chi connectivity index (χ1) is 10.4. The van der Waals surface area contributed by atoms with Crippen LogP contribution in [-0.2, 0) is 9.59 Å². The highest BCUT2D eigenvalue weighted by molar-refractivity contribution is 9.10. The number of aliphatic carboxylic acids is 1. The minimum Gasteiger partial charge on any atom is -0.481 e. The van der Waals surface area contributed by atoms with E-state index in [4.69, 9.17) is 9.84 Å². The number of halogens is 2. The van der Waals surface area contributed by atoms with Gasteiger partial charge in [0, 0.05) is 17.6 Å². The third-order valence-electron chi connectivity index (χ3n) is 3.61. The molecule has 2 atom stereocenters. The molecule has 1 heterocycles. The fourth-order valence-corrected chi connectivity index (χ4v) is 2.89. The molecule has 1 N–H and O–H groups in total. The van der Waals surface area contributed by atoms with Crippen molar-refractivity contribution in [3.63, 3.8) is 0 Å². The largest absolute Gasteiger partial charge is 0.481 e. The molecular formula is C15H17BrFNO4. The van der Waals surface area contributed by atoms with Crippen LogP contribution in [0.1, 0.15) is 13.3 Å². The average molecular weight is 374 g/mol. The van der Waals surface area contributed by atoms with E-state index >= 15 is 0 Å². The van der Waals surface area contributed by atoms with Gasteiger partial charge in [-0.05, 0) is 30.5 Å². The second kappa shape index (κ2) is 7.09. The first-order valence-corrected chi connectivity index (χ1v) is 7.74. The molecule has 2 rings (SSSR count). The number of carbonyl (C=O) groups excluding carboxylic acids is 1. The van der Waals surface area contributed by atoms with Gasteiger partial charge in [-0.25, -0.2) is 4.39 Å². The summed E-state index contributed by atoms with van der Waals surface area (Å²) in [5, 5.41) is 9.10. The minimum atomic E-state index is -0.899. The van der Waals surface area contributed by atoms with E-state index in [9.17, 15) is 14.0 Å². The van der Waals surface area contributed by atoms with Gasteiger partial charge in [0.1, 0.15) is 0 Å². The zero-order chi connectivity index (χ0) is 16.3. The van der Waals surface area contributed by atoms with E-state index in [2.05, 4.69) is 15.9 Å². The van der Waals surface area contributed by atoms with Crippen LogP contribution in [0.3, 0.4) is 0 Å². The lowest BCUT2D eigenvalue weighted by molar-refractivity contribution is -0.147. The van der Waals surface area contributed by atoms with Crippen LogP contribution in [-0.4, -0.2) is 41.6 Å². The number of carboxylic acid groups (broad SMARTS) is 1. The molecule has 0 bridgehead atoms. The first kappa shape index (κ1) is 16.7. The Bertz CT molecular complexity index is 581. The Balaban J connectivity index is 1.95. The highest BCUT2D eigenvalue weighted by atomic mass is 79.9. The van der Waals surface area contributed by atoms with Crippen LogP contribution in [0.25, 0.3) is 0 Å². The number of carbonyl (C=O) groups is 2. The van der Waals surface area contributed by atoms with Crippen LogP contribution >= 0.6 is 15.9 Å². The molecule has 1 aromatic rings. The van der Waals surface area contributed by atoms with Crippen molar-refractivity contribution in [2.45, 2.75) is 13.3 Å². The Morgan fingerprint density at radius 2 is 2.18 bits per heavy atom. The molecule has 0 spiro atoms. The Hall–Kier alpha value is -1.63. The monoisotopic (exact) mass is 373 g/mol. The zero-order valence-electron chi connectivity index (χ0n) is 12.1. The highest BCUT2D eigenvalue weighted by Crippen LogP contribution is 2.23. The highest BCUT2D eigenvalue weighted by Gasteiger charge is 2.31. The van der Waals surface area contributed by atoms with Gasteiger partial charge in [-0.1, -0.05) is 22.9 Å². The van der Waals surface area contributed by atoms with Crippen molar-refractivity contribution in [1.29, 1.82) is 0 Å². The summed E-state index contributed by atoms with van der Waals surface area (Å²) >= 11 is 3.14. The molecule has 1 aliphatic rings. The molecule has 1 saturated heterocycles. The van der Waals surface area contributed by atoms with Crippen LogP contribution in [0, 0.1) is 17.7 Å². The molecule has 0 radical (unpaired) electrons. The number of piperidine rings is 1. The third-order valence-corrected chi connectivity index (χ3v) is 4.10. The quantitative estimate of drug-likeness (QED) is 0.880. The Morgan fingerprint density at radius 1 is 1.45 bits per heavy atom. The Kier molecular flexibility index (Phi) is 5.39. The van der Waals surface area contributed by atoms with Crippen molar-refractivity contribution in [2.24, 2.45) is 11.8 Å². The number of ether oxygens (including phenoxy) is 1. The topological polar surface area (TPSA) is 66.8 Å². The second-order valence-electron chi connectivity index (χ2n) is 5.54. The SMILES string of the molecule is CC1CC(C(=O)O)CN(C(=O)COc2ccc(Br)cc2F)C1. The predicted octanol–water partition coefficient (Wildman–Crippen LogP) is 2.54. The standard InChI is InChI=1S/C15H17BrFNO4/c1-9-4-10(15(20)21)7-18(6-9)14(19)8-22-13-3-2-11(16)5-12(13)17/h2-3,5,9-10H,4,6-8H2,1H3,(H,20,21). The summed E-state index contributed by atoms with van der Waals surface area (Å²) < 4.78 is 19.4. The van der Waals surface area contributed by atoms with Gasteiger partial charge >= 0.3 is 5.97 Å². The molecule has 1 aliphatic heterocycles. The molecule has 0 aliphatic carbocycles. The normalized spacial score (nSPS) is 21.5. The summed E-state index contributed by atoms with van der Waals surface area (Å²) in [4.78, 5) is 24.7. The van der Waals surface area contributed by atoms with Crippen molar-refractivity contribution in [1.82, 2.24) is 4.90 Å². The smallest absolute Gasteiger partial charge is 0.308 e. The summed E-state index contributed by atoms with van der Waals surface area (Å²) in [6, 6.07) is 4.31. The maximum Gasteiger partial charge on any atom is 0.308 e. The lowest BCUT2D eigenvalue weighted by Crippen LogP contribution is -2.47. The molecule has 7 heteroatoms. The zero-order valence-corrected chi connectivity index (χ0v) is 13.7. The van der Waals surface area contributed by atoms with Crippen molar-refractivity contribution in [2.75, 3.05) is 19.7 Å². The second-order valence-corrected chi connectivity index (χ2v) is 6.45. The summed E-state index contributed by atoms with van der Waals surface area (Å²) in [6.45, 7) is 2.27. The number of hydrogen-bond acceptors (Lipinski definition) is 3. The van der Waals surface area contributed by atoms with Gasteiger partial charge in [0.15, 0.2) is 18.2 Å². The van der Waals surface area contributed by atoms with Crippen molar-refractivity contribution >= 4 is 27.8 Å². The van der Waals surface area contributed by atoms with Gasteiger partial charge in [-0.2, -0.15) is 0 Å². The van der Waals surface area contributed by atoms with Crippen LogP contribution in [0.5, 0.6) is 5.75 Å². The van der Waals surface area contributed by atoms with Gasteiger partial charge in [-0.15, -0.1) is 0 Å². The van der Waals surface area contributed by atoms with Crippen LogP contribution in [0.2, 0.25) is 0 Å². The van der Waals surface area contributed by atoms with Crippen molar-refractivity contribution in [3.05, 3.63) is 28.5 Å². The number of likely N-dealkylation sites (tertiary alicyclic amines) is 1. The summed E-state index contributed by atoms with van der Waals surface area (Å²) in [7, 11) is 0. The lowest BCUT2D eigenvalue weighted by atomic mass is 9.90. The predicted molar refractivity (Wildman–Crippen MR) is 81.1 cm³/mol. The van der Waals surface area contributed by atoms with E-state index in [0.29, 0.717) is 17.4 Å². The lowest BCUT2D eigenvalue weighted by Gasteiger charge is -2.34. The fourth-order valence-electron chi connectivity index (χ4n) is 2.56. The molecular weight excluding hydrogens is 357 g/mol. The summed E-state index contributed by atoms with van der Waals surface area (Å²) in [6.07, 6.45) is 0.557. The molecule has 1 aromatic carbocycles. The maximum absolute atomic E-state index is 13.6. The number of hydrogen-bond donors (Lipinski definition) is 1. The van der Waals surface area contributed by atoms with Gasteiger partial charge in [0.25, 0.3) is 5.91 Å². The molecule has 0 saturated carbocycles. The summed E-state index contributed by atoms with van der Waals surface area (Å²) in [5.41, 5.74) is 0. The van der Waals surface area contributed by atoms with E-state index in [1.165, 1.54) is 17.0 Å². The van der Waals surface area contributed by atoms with Gasteiger partial charge in [0.05, 0.1) is 5.92 Å². The molecule has 22 heavy (non-hydrogen) atoms. The fraction of sp³-hybridized carbons (Fsp3) is 0.467. The molecule has 1 fully saturated rings. The third kappa shape index (κ3) is 4.19. The number of nitrogens with zero attached hydrogens (tertiary/aromatic N) is 1. The van der Waals surface area contributed by atoms with E-state index in [1.54, 1.807) is 6.07 Å². The van der Waals surface area contributed by atoms with Crippen LogP contribution < -0.4 is 4.74 Å². The number of benzene rings is 1. The van der Waals surface area contributed by atoms with E-state index in [0.717, 1.165) is 0 Å². The van der Waals surface area contributed by atoms with Gasteiger partial charge in [0.2, 0.25) is 0 Å². The number of rotatable bonds is 4. The average Bonchev–Trinajstić information content (AvgIpc) is 2.45. The Labute approximate surface area is 136 Å². The molecule has 120 valence electrons. The van der Waals surface area contributed by atoms with E-state index in [1.807, 2.05) is 6.92 Å². The molecule has 1 amide bonds.